The van der Waals surface area contributed by atoms with E-state index >= 15 is 0 Å². The lowest BCUT2D eigenvalue weighted by Gasteiger charge is -2.09. The largest absolute Gasteiger partial charge is 0.477 e. The third kappa shape index (κ3) is 2.42. The maximum atomic E-state index is 13.5. The van der Waals surface area contributed by atoms with Crippen LogP contribution >= 0.6 is 0 Å². The highest BCUT2D eigenvalue weighted by atomic mass is 19.1. The van der Waals surface area contributed by atoms with Crippen LogP contribution in [0.25, 0.3) is 0 Å². The number of carboxylic acids is 1. The van der Waals surface area contributed by atoms with E-state index in [2.05, 4.69) is 15.3 Å². The van der Waals surface area contributed by atoms with Crippen molar-refractivity contribution in [2.24, 2.45) is 0 Å². The third-order valence-corrected chi connectivity index (χ3v) is 2.32. The number of hydrogen-bond acceptors (Lipinski definition) is 4. The van der Waals surface area contributed by atoms with Crippen LogP contribution in [0.1, 0.15) is 15.9 Å². The lowest BCUT2D eigenvalue weighted by Crippen LogP contribution is -2.06. The molecule has 0 fully saturated rings. The van der Waals surface area contributed by atoms with Gasteiger partial charge in [-0.25, -0.2) is 19.2 Å². The highest BCUT2D eigenvalue weighted by Crippen LogP contribution is 2.21. The number of carbonyl (C=O) groups is 1. The molecule has 0 spiro atoms. The van der Waals surface area contributed by atoms with Gasteiger partial charge in [-0.2, -0.15) is 0 Å². The van der Waals surface area contributed by atoms with Gasteiger partial charge in [0.05, 0.1) is 5.69 Å². The average molecular weight is 247 g/mol. The predicted octanol–water partition coefficient (Wildman–Crippen LogP) is 2.37. The van der Waals surface area contributed by atoms with Gasteiger partial charge in [-0.3, -0.25) is 0 Å². The first-order valence-electron chi connectivity index (χ1n) is 5.14. The molecule has 0 unspecified atom stereocenters. The molecule has 0 aliphatic rings. The minimum Gasteiger partial charge on any atom is -0.477 e. The van der Waals surface area contributed by atoms with Gasteiger partial charge in [-0.05, 0) is 24.6 Å². The molecule has 1 aromatic carbocycles. The van der Waals surface area contributed by atoms with E-state index in [1.54, 1.807) is 12.1 Å². The van der Waals surface area contributed by atoms with E-state index in [1.807, 2.05) is 6.92 Å². The zero-order valence-electron chi connectivity index (χ0n) is 9.51. The lowest BCUT2D eigenvalue weighted by molar-refractivity contribution is 0.0697. The molecule has 0 saturated heterocycles. The van der Waals surface area contributed by atoms with Gasteiger partial charge >= 0.3 is 5.97 Å². The van der Waals surface area contributed by atoms with Gasteiger partial charge in [0, 0.05) is 6.20 Å². The quantitative estimate of drug-likeness (QED) is 0.870. The molecule has 2 rings (SSSR count). The van der Waals surface area contributed by atoms with Crippen molar-refractivity contribution in [3.63, 3.8) is 0 Å². The molecule has 18 heavy (non-hydrogen) atoms. The van der Waals surface area contributed by atoms with E-state index in [9.17, 15) is 9.18 Å². The Hall–Kier alpha value is -2.50. The van der Waals surface area contributed by atoms with Crippen molar-refractivity contribution in [1.82, 2.24) is 9.97 Å². The van der Waals surface area contributed by atoms with Crippen LogP contribution in [0.4, 0.5) is 15.9 Å². The second-order valence-electron chi connectivity index (χ2n) is 3.70. The standard InChI is InChI=1S/C12H10FN3O2/c1-7-2-3-9(13)10(4-7)16-11-8(12(17)18)5-14-6-15-11/h2-6H,1H3,(H,17,18)(H,14,15,16). The fourth-order valence-corrected chi connectivity index (χ4v) is 1.45. The van der Waals surface area contributed by atoms with Crippen molar-refractivity contribution in [2.45, 2.75) is 6.92 Å². The third-order valence-electron chi connectivity index (χ3n) is 2.32. The Labute approximate surface area is 102 Å². The maximum absolute atomic E-state index is 13.5. The molecule has 1 heterocycles. The van der Waals surface area contributed by atoms with E-state index < -0.39 is 11.8 Å². The van der Waals surface area contributed by atoms with Gasteiger partial charge < -0.3 is 10.4 Å². The normalized spacial score (nSPS) is 10.1. The molecular weight excluding hydrogens is 237 g/mol. The van der Waals surface area contributed by atoms with E-state index in [0.29, 0.717) is 0 Å². The summed E-state index contributed by atoms with van der Waals surface area (Å²) in [4.78, 5) is 18.4. The maximum Gasteiger partial charge on any atom is 0.341 e. The van der Waals surface area contributed by atoms with E-state index in [-0.39, 0.29) is 17.1 Å². The number of aryl methyl sites for hydroxylation is 1. The first-order valence-corrected chi connectivity index (χ1v) is 5.14. The van der Waals surface area contributed by atoms with Crippen molar-refractivity contribution in [3.8, 4) is 0 Å². The van der Waals surface area contributed by atoms with E-state index in [0.717, 1.165) is 11.8 Å². The minimum atomic E-state index is -1.17. The number of aromatic nitrogens is 2. The van der Waals surface area contributed by atoms with Crippen LogP contribution in [0.2, 0.25) is 0 Å². The molecule has 2 N–H and O–H groups in total. The Morgan fingerprint density at radius 2 is 2.22 bits per heavy atom. The summed E-state index contributed by atoms with van der Waals surface area (Å²) in [7, 11) is 0. The minimum absolute atomic E-state index is 0.0574. The summed E-state index contributed by atoms with van der Waals surface area (Å²) in [5.41, 5.74) is 0.916. The number of nitrogens with zero attached hydrogens (tertiary/aromatic N) is 2. The number of anilines is 2. The van der Waals surface area contributed by atoms with Crippen LogP contribution in [0, 0.1) is 12.7 Å². The monoisotopic (exact) mass is 247 g/mol. The molecule has 92 valence electrons. The summed E-state index contributed by atoms with van der Waals surface area (Å²) in [5, 5.41) is 11.6. The molecule has 2 aromatic rings. The summed E-state index contributed by atoms with van der Waals surface area (Å²) in [6.07, 6.45) is 2.36. The predicted molar refractivity (Wildman–Crippen MR) is 63.4 cm³/mol. The van der Waals surface area contributed by atoms with Crippen molar-refractivity contribution < 1.29 is 14.3 Å². The van der Waals surface area contributed by atoms with E-state index in [1.165, 1.54) is 12.4 Å². The molecule has 0 aliphatic carbocycles. The highest BCUT2D eigenvalue weighted by molar-refractivity contribution is 5.93. The average Bonchev–Trinajstić information content (AvgIpc) is 2.34. The van der Waals surface area contributed by atoms with Crippen LogP contribution in [-0.2, 0) is 0 Å². The van der Waals surface area contributed by atoms with Gasteiger partial charge in [0.25, 0.3) is 0 Å². The Kier molecular flexibility index (Phi) is 3.18. The summed E-state index contributed by atoms with van der Waals surface area (Å²) < 4.78 is 13.5. The zero-order valence-corrected chi connectivity index (χ0v) is 9.51. The topological polar surface area (TPSA) is 75.1 Å². The van der Waals surface area contributed by atoms with Gasteiger partial charge in [0.15, 0.2) is 0 Å². The Morgan fingerprint density at radius 1 is 1.44 bits per heavy atom. The van der Waals surface area contributed by atoms with Crippen molar-refractivity contribution in [2.75, 3.05) is 5.32 Å². The zero-order chi connectivity index (χ0) is 13.1. The SMILES string of the molecule is Cc1ccc(F)c(Nc2ncncc2C(=O)O)c1. The molecule has 0 aliphatic heterocycles. The fourth-order valence-electron chi connectivity index (χ4n) is 1.45. The van der Waals surface area contributed by atoms with Crippen molar-refractivity contribution in [3.05, 3.63) is 47.7 Å². The van der Waals surface area contributed by atoms with Crippen LogP contribution < -0.4 is 5.32 Å². The van der Waals surface area contributed by atoms with Gasteiger partial charge in [-0.1, -0.05) is 6.07 Å². The fraction of sp³-hybridized carbons (Fsp3) is 0.0833. The Bertz CT molecular complexity index is 602. The summed E-state index contributed by atoms with van der Waals surface area (Å²) in [6.45, 7) is 1.81. The molecule has 0 atom stereocenters. The summed E-state index contributed by atoms with van der Waals surface area (Å²) in [5.74, 6) is -1.59. The number of rotatable bonds is 3. The number of hydrogen-bond donors (Lipinski definition) is 2. The van der Waals surface area contributed by atoms with Gasteiger partial charge in [-0.15, -0.1) is 0 Å². The summed E-state index contributed by atoms with van der Waals surface area (Å²) in [6, 6.07) is 4.50. The van der Waals surface area contributed by atoms with Crippen LogP contribution in [0.3, 0.4) is 0 Å². The number of benzene rings is 1. The summed E-state index contributed by atoms with van der Waals surface area (Å²) >= 11 is 0. The number of carboxylic acid groups (broad SMARTS) is 1. The second-order valence-corrected chi connectivity index (χ2v) is 3.70. The van der Waals surface area contributed by atoms with Gasteiger partial charge in [0.2, 0.25) is 0 Å². The first kappa shape index (κ1) is 12.0. The second kappa shape index (κ2) is 4.79. The molecule has 0 amide bonds. The van der Waals surface area contributed by atoms with Crippen molar-refractivity contribution in [1.29, 1.82) is 0 Å². The Balaban J connectivity index is 2.40. The lowest BCUT2D eigenvalue weighted by atomic mass is 10.2. The smallest absolute Gasteiger partial charge is 0.341 e. The molecule has 0 radical (unpaired) electrons. The molecular formula is C12H10FN3O2. The van der Waals surface area contributed by atoms with E-state index in [4.69, 9.17) is 5.11 Å². The van der Waals surface area contributed by atoms with Gasteiger partial charge in [0.1, 0.15) is 23.5 Å². The molecule has 5 nitrogen and oxygen atoms in total. The van der Waals surface area contributed by atoms with Crippen molar-refractivity contribution >= 4 is 17.5 Å². The number of nitrogens with one attached hydrogen (secondary N) is 1. The molecule has 6 heteroatoms. The highest BCUT2D eigenvalue weighted by Gasteiger charge is 2.13. The first-order chi connectivity index (χ1) is 8.58. The number of aromatic carboxylic acids is 1. The molecule has 0 bridgehead atoms. The number of halogens is 1. The van der Waals surface area contributed by atoms with Crippen LogP contribution in [0.15, 0.2) is 30.7 Å². The molecule has 1 aromatic heterocycles. The Morgan fingerprint density at radius 3 is 2.94 bits per heavy atom. The van der Waals surface area contributed by atoms with Crippen LogP contribution in [0.5, 0.6) is 0 Å². The molecule has 0 saturated carbocycles. The van der Waals surface area contributed by atoms with Crippen LogP contribution in [-0.4, -0.2) is 21.0 Å².